The van der Waals surface area contributed by atoms with Crippen molar-refractivity contribution in [2.75, 3.05) is 11.9 Å². The number of fused-ring (bicyclic) bond motifs is 1. The fraction of sp³-hybridized carbons (Fsp3) is 0.429. The van der Waals surface area contributed by atoms with Crippen molar-refractivity contribution in [1.82, 2.24) is 9.55 Å². The van der Waals surface area contributed by atoms with Crippen LogP contribution in [0.15, 0.2) is 11.0 Å². The number of hydrogen-bond donors (Lipinski definition) is 1. The molecule has 0 atom stereocenters. The molecule has 0 bridgehead atoms. The highest BCUT2D eigenvalue weighted by atomic mass is 19.1. The van der Waals surface area contributed by atoms with Gasteiger partial charge >= 0.3 is 5.69 Å². The zero-order valence-electron chi connectivity index (χ0n) is 6.38. The molecule has 0 radical (unpaired) electrons. The molecule has 1 aromatic rings. The number of hydrogen-bond acceptors (Lipinski definition) is 3. The van der Waals surface area contributed by atoms with Gasteiger partial charge in [0.25, 0.3) is 0 Å². The van der Waals surface area contributed by atoms with Gasteiger partial charge in [-0.05, 0) is 6.42 Å². The Morgan fingerprint density at radius 2 is 2.50 bits per heavy atom. The Morgan fingerprint density at radius 1 is 1.67 bits per heavy atom. The summed E-state index contributed by atoms with van der Waals surface area (Å²) in [5, 5.41) is 2.82. The summed E-state index contributed by atoms with van der Waals surface area (Å²) in [5.41, 5.74) is -0.390. The summed E-state index contributed by atoms with van der Waals surface area (Å²) in [5.74, 6) is -0.199. The lowest BCUT2D eigenvalue weighted by atomic mass is 10.3. The largest absolute Gasteiger partial charge is 0.369 e. The zero-order valence-corrected chi connectivity index (χ0v) is 6.38. The maximum atomic E-state index is 13.0. The first-order valence-corrected chi connectivity index (χ1v) is 3.78. The predicted molar refractivity (Wildman–Crippen MR) is 41.6 cm³/mol. The van der Waals surface area contributed by atoms with E-state index in [4.69, 9.17) is 0 Å². The highest BCUT2D eigenvalue weighted by molar-refractivity contribution is 5.36. The van der Waals surface area contributed by atoms with E-state index in [1.807, 2.05) is 0 Å². The summed E-state index contributed by atoms with van der Waals surface area (Å²) in [6.07, 6.45) is 1.78. The first-order valence-electron chi connectivity index (χ1n) is 3.78. The van der Waals surface area contributed by atoms with Crippen LogP contribution in [-0.2, 0) is 6.54 Å². The number of halogens is 1. The summed E-state index contributed by atoms with van der Waals surface area (Å²) < 4.78 is 14.3. The fourth-order valence-electron chi connectivity index (χ4n) is 1.30. The molecule has 1 aliphatic heterocycles. The van der Waals surface area contributed by atoms with Crippen LogP contribution in [0.5, 0.6) is 0 Å². The van der Waals surface area contributed by atoms with Crippen molar-refractivity contribution in [3.8, 4) is 0 Å². The molecule has 2 rings (SSSR count). The molecule has 0 aliphatic carbocycles. The minimum Gasteiger partial charge on any atom is -0.369 e. The maximum Gasteiger partial charge on any atom is 0.349 e. The maximum absolute atomic E-state index is 13.0. The molecule has 0 saturated carbocycles. The van der Waals surface area contributed by atoms with Crippen molar-refractivity contribution in [3.05, 3.63) is 22.5 Å². The first kappa shape index (κ1) is 7.27. The van der Waals surface area contributed by atoms with Gasteiger partial charge in [-0.15, -0.1) is 0 Å². The summed E-state index contributed by atoms with van der Waals surface area (Å²) >= 11 is 0. The van der Waals surface area contributed by atoms with Crippen LogP contribution in [0, 0.1) is 5.82 Å². The van der Waals surface area contributed by atoms with E-state index in [1.54, 1.807) is 0 Å². The van der Waals surface area contributed by atoms with Crippen LogP contribution < -0.4 is 11.0 Å². The molecule has 64 valence electrons. The summed E-state index contributed by atoms with van der Waals surface area (Å²) in [7, 11) is 0. The number of anilines is 1. The van der Waals surface area contributed by atoms with Gasteiger partial charge in [-0.3, -0.25) is 4.57 Å². The Balaban J connectivity index is 2.64. The molecule has 0 unspecified atom stereocenters. The normalized spacial score (nSPS) is 15.1. The minimum atomic E-state index is -0.464. The molecular formula is C7H8FN3O. The third-order valence-corrected chi connectivity index (χ3v) is 1.87. The van der Waals surface area contributed by atoms with Gasteiger partial charge in [0.05, 0.1) is 6.20 Å². The van der Waals surface area contributed by atoms with Gasteiger partial charge in [0.2, 0.25) is 0 Å². The van der Waals surface area contributed by atoms with Crippen LogP contribution >= 0.6 is 0 Å². The Kier molecular flexibility index (Phi) is 1.56. The molecule has 1 aliphatic rings. The van der Waals surface area contributed by atoms with Crippen molar-refractivity contribution >= 4 is 5.82 Å². The Morgan fingerprint density at radius 3 is 3.25 bits per heavy atom. The molecule has 4 nitrogen and oxygen atoms in total. The molecule has 1 aromatic heterocycles. The van der Waals surface area contributed by atoms with E-state index in [1.165, 1.54) is 4.57 Å². The Bertz CT molecular complexity index is 360. The summed E-state index contributed by atoms with van der Waals surface area (Å²) in [4.78, 5) is 14.4. The fourth-order valence-corrected chi connectivity index (χ4v) is 1.30. The highest BCUT2D eigenvalue weighted by Gasteiger charge is 2.13. The molecule has 0 spiro atoms. The molecule has 0 amide bonds. The molecule has 1 N–H and O–H groups in total. The van der Waals surface area contributed by atoms with Crippen LogP contribution in [-0.4, -0.2) is 16.1 Å². The standard InChI is InChI=1S/C7H8FN3O/c8-5-4-10-7(12)11-3-1-2-9-6(5)11/h4,9H,1-3H2. The van der Waals surface area contributed by atoms with Gasteiger partial charge in [0, 0.05) is 13.1 Å². The molecular weight excluding hydrogens is 161 g/mol. The van der Waals surface area contributed by atoms with E-state index in [0.29, 0.717) is 13.1 Å². The molecule has 0 aromatic carbocycles. The number of rotatable bonds is 0. The number of nitrogens with one attached hydrogen (secondary N) is 1. The van der Waals surface area contributed by atoms with Crippen LogP contribution in [0.1, 0.15) is 6.42 Å². The molecule has 2 heterocycles. The van der Waals surface area contributed by atoms with Gasteiger partial charge in [-0.1, -0.05) is 0 Å². The highest BCUT2D eigenvalue weighted by Crippen LogP contribution is 2.13. The van der Waals surface area contributed by atoms with Gasteiger partial charge in [-0.2, -0.15) is 4.98 Å². The lowest BCUT2D eigenvalue weighted by molar-refractivity contribution is 0.538. The van der Waals surface area contributed by atoms with E-state index < -0.39 is 11.5 Å². The smallest absolute Gasteiger partial charge is 0.349 e. The van der Waals surface area contributed by atoms with E-state index in [-0.39, 0.29) is 5.82 Å². The van der Waals surface area contributed by atoms with Gasteiger partial charge in [0.15, 0.2) is 5.82 Å². The Labute approximate surface area is 68.0 Å². The second kappa shape index (κ2) is 2.58. The molecule has 5 heteroatoms. The first-order chi connectivity index (χ1) is 5.79. The monoisotopic (exact) mass is 169 g/mol. The molecule has 0 saturated heterocycles. The van der Waals surface area contributed by atoms with Crippen LogP contribution in [0.4, 0.5) is 10.2 Å². The third-order valence-electron chi connectivity index (χ3n) is 1.87. The van der Waals surface area contributed by atoms with Crippen LogP contribution in [0.3, 0.4) is 0 Å². The molecule has 0 fully saturated rings. The van der Waals surface area contributed by atoms with Crippen molar-refractivity contribution < 1.29 is 4.39 Å². The van der Waals surface area contributed by atoms with Crippen molar-refractivity contribution in [2.45, 2.75) is 13.0 Å². The minimum absolute atomic E-state index is 0.265. The van der Waals surface area contributed by atoms with Crippen LogP contribution in [0.2, 0.25) is 0 Å². The van der Waals surface area contributed by atoms with Gasteiger partial charge in [0.1, 0.15) is 5.82 Å². The predicted octanol–water partition coefficient (Wildman–Crippen LogP) is 0.198. The lowest BCUT2D eigenvalue weighted by Crippen LogP contribution is -2.31. The summed E-state index contributed by atoms with van der Waals surface area (Å²) in [6, 6.07) is 0. The second-order valence-corrected chi connectivity index (χ2v) is 2.67. The number of nitrogens with zero attached hydrogens (tertiary/aromatic N) is 2. The third kappa shape index (κ3) is 0.975. The van der Waals surface area contributed by atoms with E-state index in [0.717, 1.165) is 12.6 Å². The van der Waals surface area contributed by atoms with Gasteiger partial charge < -0.3 is 5.32 Å². The summed E-state index contributed by atoms with van der Waals surface area (Å²) in [6.45, 7) is 1.26. The topological polar surface area (TPSA) is 46.9 Å². The van der Waals surface area contributed by atoms with E-state index in [9.17, 15) is 9.18 Å². The van der Waals surface area contributed by atoms with Crippen molar-refractivity contribution in [1.29, 1.82) is 0 Å². The SMILES string of the molecule is O=c1ncc(F)c2n1CCCN2. The van der Waals surface area contributed by atoms with E-state index >= 15 is 0 Å². The number of aromatic nitrogens is 2. The zero-order chi connectivity index (χ0) is 8.55. The molecule has 12 heavy (non-hydrogen) atoms. The van der Waals surface area contributed by atoms with Crippen LogP contribution in [0.25, 0.3) is 0 Å². The lowest BCUT2D eigenvalue weighted by Gasteiger charge is -2.18. The van der Waals surface area contributed by atoms with Gasteiger partial charge in [-0.25, -0.2) is 9.18 Å². The average Bonchev–Trinajstić information content (AvgIpc) is 2.12. The average molecular weight is 169 g/mol. The van der Waals surface area contributed by atoms with Crippen molar-refractivity contribution in [2.24, 2.45) is 0 Å². The van der Waals surface area contributed by atoms with E-state index in [2.05, 4.69) is 10.3 Å². The second-order valence-electron chi connectivity index (χ2n) is 2.67. The Hall–Kier alpha value is -1.39. The van der Waals surface area contributed by atoms with Crippen molar-refractivity contribution in [3.63, 3.8) is 0 Å². The quantitative estimate of drug-likeness (QED) is 0.603.